The van der Waals surface area contributed by atoms with E-state index in [2.05, 4.69) is 35.2 Å². The van der Waals surface area contributed by atoms with E-state index in [1.165, 1.54) is 5.56 Å². The van der Waals surface area contributed by atoms with E-state index in [0.717, 1.165) is 59.3 Å². The van der Waals surface area contributed by atoms with Gasteiger partial charge in [0, 0.05) is 30.8 Å². The Morgan fingerprint density at radius 1 is 0.903 bits per heavy atom. The van der Waals surface area contributed by atoms with Gasteiger partial charge >= 0.3 is 0 Å². The van der Waals surface area contributed by atoms with Crippen molar-refractivity contribution in [1.82, 2.24) is 4.90 Å². The summed E-state index contributed by atoms with van der Waals surface area (Å²) >= 11 is 0. The number of ether oxygens (including phenoxy) is 4. The third-order valence-corrected chi connectivity index (χ3v) is 5.49. The van der Waals surface area contributed by atoms with Crippen molar-refractivity contribution in [2.24, 2.45) is 0 Å². The van der Waals surface area contributed by atoms with Gasteiger partial charge in [-0.25, -0.2) is 0 Å². The quantitative estimate of drug-likeness (QED) is 0.529. The molecular formula is C26H29NO4. The Kier molecular flexibility index (Phi) is 6.63. The van der Waals surface area contributed by atoms with E-state index >= 15 is 0 Å². The van der Waals surface area contributed by atoms with Gasteiger partial charge in [-0.05, 0) is 48.4 Å². The third-order valence-electron chi connectivity index (χ3n) is 5.49. The van der Waals surface area contributed by atoms with Gasteiger partial charge < -0.3 is 18.9 Å². The van der Waals surface area contributed by atoms with E-state index in [1.807, 2.05) is 37.3 Å². The lowest BCUT2D eigenvalue weighted by atomic mass is 10.0. The number of fused-ring (bicyclic) bond motifs is 1. The van der Waals surface area contributed by atoms with Crippen LogP contribution in [0.25, 0.3) is 11.1 Å². The molecule has 0 N–H and O–H groups in total. The van der Waals surface area contributed by atoms with Crippen LogP contribution in [0.2, 0.25) is 0 Å². The maximum atomic E-state index is 6.13. The molecule has 0 aromatic heterocycles. The first kappa shape index (κ1) is 21.1. The highest BCUT2D eigenvalue weighted by molar-refractivity contribution is 5.70. The summed E-state index contributed by atoms with van der Waals surface area (Å²) in [6, 6.07) is 20.6. The molecule has 1 aliphatic rings. The van der Waals surface area contributed by atoms with Gasteiger partial charge in [0.1, 0.15) is 18.1 Å². The molecule has 162 valence electrons. The van der Waals surface area contributed by atoms with Gasteiger partial charge in [-0.15, -0.1) is 0 Å². The Balaban J connectivity index is 1.64. The number of methoxy groups -OCH3 is 2. The van der Waals surface area contributed by atoms with E-state index in [-0.39, 0.29) is 0 Å². The van der Waals surface area contributed by atoms with Crippen LogP contribution in [-0.2, 0) is 13.1 Å². The first-order valence-corrected chi connectivity index (χ1v) is 10.6. The van der Waals surface area contributed by atoms with E-state index in [9.17, 15) is 0 Å². The van der Waals surface area contributed by atoms with Gasteiger partial charge in [-0.1, -0.05) is 30.3 Å². The predicted molar refractivity (Wildman–Crippen MR) is 122 cm³/mol. The zero-order chi connectivity index (χ0) is 21.6. The summed E-state index contributed by atoms with van der Waals surface area (Å²) < 4.78 is 22.9. The summed E-state index contributed by atoms with van der Waals surface area (Å²) in [5.74, 6) is 3.38. The van der Waals surface area contributed by atoms with Crippen LogP contribution >= 0.6 is 0 Å². The summed E-state index contributed by atoms with van der Waals surface area (Å²) in [7, 11) is 3.37. The lowest BCUT2D eigenvalue weighted by Gasteiger charge is -2.21. The minimum atomic E-state index is 0.613. The minimum Gasteiger partial charge on any atom is -0.497 e. The smallest absolute Gasteiger partial charge is 0.165 e. The molecular weight excluding hydrogens is 390 g/mol. The SMILES string of the molecule is CCOc1ccccc1CN1CCOc2c(cc(-c3ccc(OC)cc3)cc2OC)C1. The van der Waals surface area contributed by atoms with Crippen molar-refractivity contribution in [3.05, 3.63) is 71.8 Å². The average Bonchev–Trinajstić information content (AvgIpc) is 3.01. The number of nitrogens with zero attached hydrogens (tertiary/aromatic N) is 1. The van der Waals surface area contributed by atoms with Crippen LogP contribution in [0.15, 0.2) is 60.7 Å². The number of rotatable bonds is 7. The third kappa shape index (κ3) is 4.78. The molecule has 4 rings (SSSR count). The Bertz CT molecular complexity index is 1020. The monoisotopic (exact) mass is 419 g/mol. The molecule has 0 amide bonds. The lowest BCUT2D eigenvalue weighted by molar-refractivity contribution is 0.213. The first-order chi connectivity index (χ1) is 15.2. The molecule has 1 heterocycles. The second-order valence-corrected chi connectivity index (χ2v) is 7.50. The summed E-state index contributed by atoms with van der Waals surface area (Å²) in [5, 5.41) is 0. The molecule has 0 saturated carbocycles. The zero-order valence-corrected chi connectivity index (χ0v) is 18.4. The van der Waals surface area contributed by atoms with E-state index in [4.69, 9.17) is 18.9 Å². The minimum absolute atomic E-state index is 0.613. The highest BCUT2D eigenvalue weighted by Crippen LogP contribution is 2.39. The fourth-order valence-electron chi connectivity index (χ4n) is 3.95. The maximum absolute atomic E-state index is 6.13. The molecule has 0 aliphatic carbocycles. The van der Waals surface area contributed by atoms with Crippen LogP contribution in [0.4, 0.5) is 0 Å². The molecule has 0 atom stereocenters. The molecule has 0 fully saturated rings. The molecule has 5 heteroatoms. The highest BCUT2D eigenvalue weighted by Gasteiger charge is 2.21. The fourth-order valence-corrected chi connectivity index (χ4v) is 3.95. The van der Waals surface area contributed by atoms with Crippen LogP contribution in [-0.4, -0.2) is 38.9 Å². The maximum Gasteiger partial charge on any atom is 0.165 e. The molecule has 0 bridgehead atoms. The van der Waals surface area contributed by atoms with Crippen molar-refractivity contribution in [2.45, 2.75) is 20.0 Å². The van der Waals surface area contributed by atoms with Gasteiger partial charge in [0.05, 0.1) is 20.8 Å². The van der Waals surface area contributed by atoms with Crippen molar-refractivity contribution < 1.29 is 18.9 Å². The van der Waals surface area contributed by atoms with E-state index < -0.39 is 0 Å². The first-order valence-electron chi connectivity index (χ1n) is 10.6. The molecule has 3 aromatic carbocycles. The van der Waals surface area contributed by atoms with E-state index in [0.29, 0.717) is 13.2 Å². The molecule has 0 radical (unpaired) electrons. The Morgan fingerprint density at radius 3 is 2.45 bits per heavy atom. The normalized spacial score (nSPS) is 13.6. The number of para-hydroxylation sites is 1. The largest absolute Gasteiger partial charge is 0.497 e. The molecule has 0 spiro atoms. The topological polar surface area (TPSA) is 40.2 Å². The molecule has 0 unspecified atom stereocenters. The van der Waals surface area contributed by atoms with Crippen molar-refractivity contribution >= 4 is 0 Å². The summed E-state index contributed by atoms with van der Waals surface area (Å²) in [4.78, 5) is 2.39. The zero-order valence-electron chi connectivity index (χ0n) is 18.4. The number of benzene rings is 3. The van der Waals surface area contributed by atoms with Crippen molar-refractivity contribution in [2.75, 3.05) is 34.0 Å². The summed E-state index contributed by atoms with van der Waals surface area (Å²) in [5.41, 5.74) is 4.51. The molecule has 3 aromatic rings. The molecule has 1 aliphatic heterocycles. The average molecular weight is 420 g/mol. The van der Waals surface area contributed by atoms with Crippen molar-refractivity contribution in [3.8, 4) is 34.1 Å². The Labute approximate surface area is 184 Å². The highest BCUT2D eigenvalue weighted by atomic mass is 16.5. The summed E-state index contributed by atoms with van der Waals surface area (Å²) in [6.07, 6.45) is 0. The predicted octanol–water partition coefficient (Wildman–Crippen LogP) is 5.16. The standard InChI is InChI=1S/C26H29NO4/c1-4-30-24-8-6-5-7-20(24)17-27-13-14-31-26-22(18-27)15-21(16-25(26)29-3)19-9-11-23(28-2)12-10-19/h5-12,15-16H,4,13-14,17-18H2,1-3H3. The van der Waals surface area contributed by atoms with Crippen LogP contribution in [0, 0.1) is 0 Å². The van der Waals surface area contributed by atoms with Crippen LogP contribution < -0.4 is 18.9 Å². The number of hydrogen-bond acceptors (Lipinski definition) is 5. The fraction of sp³-hybridized carbons (Fsp3) is 0.308. The van der Waals surface area contributed by atoms with Crippen LogP contribution in [0.5, 0.6) is 23.0 Å². The lowest BCUT2D eigenvalue weighted by Crippen LogP contribution is -2.25. The van der Waals surface area contributed by atoms with Gasteiger partial charge in [0.15, 0.2) is 11.5 Å². The number of hydrogen-bond donors (Lipinski definition) is 0. The van der Waals surface area contributed by atoms with Gasteiger partial charge in [0.25, 0.3) is 0 Å². The Hall–Kier alpha value is -3.18. The van der Waals surface area contributed by atoms with Gasteiger partial charge in [-0.2, -0.15) is 0 Å². The molecule has 31 heavy (non-hydrogen) atoms. The van der Waals surface area contributed by atoms with Crippen LogP contribution in [0.1, 0.15) is 18.1 Å². The van der Waals surface area contributed by atoms with Gasteiger partial charge in [0.2, 0.25) is 0 Å². The molecule has 0 saturated heterocycles. The second-order valence-electron chi connectivity index (χ2n) is 7.50. The molecule has 5 nitrogen and oxygen atoms in total. The summed E-state index contributed by atoms with van der Waals surface area (Å²) in [6.45, 7) is 5.69. The second kappa shape index (κ2) is 9.75. The van der Waals surface area contributed by atoms with Crippen LogP contribution in [0.3, 0.4) is 0 Å². The van der Waals surface area contributed by atoms with Crippen molar-refractivity contribution in [3.63, 3.8) is 0 Å². The van der Waals surface area contributed by atoms with Crippen molar-refractivity contribution in [1.29, 1.82) is 0 Å². The Morgan fingerprint density at radius 2 is 1.71 bits per heavy atom. The van der Waals surface area contributed by atoms with E-state index in [1.54, 1.807) is 14.2 Å². The van der Waals surface area contributed by atoms with Gasteiger partial charge in [-0.3, -0.25) is 4.90 Å².